The van der Waals surface area contributed by atoms with Gasteiger partial charge in [-0.2, -0.15) is 8.42 Å². The summed E-state index contributed by atoms with van der Waals surface area (Å²) >= 11 is 0. The van der Waals surface area contributed by atoms with E-state index in [1.54, 1.807) is 31.4 Å². The van der Waals surface area contributed by atoms with Crippen molar-refractivity contribution in [1.29, 1.82) is 0 Å². The van der Waals surface area contributed by atoms with Gasteiger partial charge in [-0.3, -0.25) is 4.18 Å². The minimum absolute atomic E-state index is 0.0483. The predicted molar refractivity (Wildman–Crippen MR) is 74.1 cm³/mol. The quantitative estimate of drug-likeness (QED) is 0.777. The first-order chi connectivity index (χ1) is 9.51. The summed E-state index contributed by atoms with van der Waals surface area (Å²) in [5.74, 6) is 0. The van der Waals surface area contributed by atoms with Gasteiger partial charge in [-0.1, -0.05) is 17.7 Å². The first-order valence-corrected chi connectivity index (χ1v) is 8.02. The van der Waals surface area contributed by atoms with Gasteiger partial charge in [0.2, 0.25) is 0 Å². The van der Waals surface area contributed by atoms with Gasteiger partial charge in [-0.05, 0) is 31.9 Å². The molecule has 0 aromatic heterocycles. The molecule has 0 aliphatic carbocycles. The van der Waals surface area contributed by atoms with E-state index < -0.39 is 10.1 Å². The average Bonchev–Trinajstić information content (AvgIpc) is 2.46. The fourth-order valence-electron chi connectivity index (χ4n) is 2.04. The van der Waals surface area contributed by atoms with Crippen molar-refractivity contribution in [1.82, 2.24) is 0 Å². The Hall–Kier alpha value is -0.950. The summed E-state index contributed by atoms with van der Waals surface area (Å²) < 4.78 is 39.8. The van der Waals surface area contributed by atoms with Gasteiger partial charge in [0.25, 0.3) is 10.1 Å². The Morgan fingerprint density at radius 1 is 1.25 bits per heavy atom. The summed E-state index contributed by atoms with van der Waals surface area (Å²) in [6.07, 6.45) is 1.50. The van der Waals surface area contributed by atoms with Gasteiger partial charge in [-0.15, -0.1) is 0 Å². The van der Waals surface area contributed by atoms with Gasteiger partial charge >= 0.3 is 0 Å². The van der Waals surface area contributed by atoms with Crippen molar-refractivity contribution in [2.75, 3.05) is 20.3 Å². The molecule has 5 nitrogen and oxygen atoms in total. The molecule has 6 heteroatoms. The fraction of sp³-hybridized carbons (Fsp3) is 0.571. The van der Waals surface area contributed by atoms with E-state index in [-0.39, 0.29) is 23.7 Å². The third-order valence-electron chi connectivity index (χ3n) is 3.38. The number of aryl methyl sites for hydroxylation is 1. The second-order valence-corrected chi connectivity index (χ2v) is 6.56. The lowest BCUT2D eigenvalue weighted by Gasteiger charge is -2.27. The Balaban J connectivity index is 1.88. The van der Waals surface area contributed by atoms with Crippen LogP contribution in [0, 0.1) is 6.92 Å². The Morgan fingerprint density at radius 2 is 1.95 bits per heavy atom. The zero-order valence-electron chi connectivity index (χ0n) is 11.7. The number of rotatable bonds is 5. The van der Waals surface area contributed by atoms with E-state index in [9.17, 15) is 8.42 Å². The van der Waals surface area contributed by atoms with E-state index >= 15 is 0 Å². The molecule has 0 bridgehead atoms. The normalized spacial score (nSPS) is 23.7. The third-order valence-corrected chi connectivity index (χ3v) is 4.68. The highest BCUT2D eigenvalue weighted by Crippen LogP contribution is 2.19. The van der Waals surface area contributed by atoms with E-state index in [1.807, 2.05) is 6.92 Å². The third kappa shape index (κ3) is 4.02. The monoisotopic (exact) mass is 300 g/mol. The molecule has 1 aliphatic rings. The van der Waals surface area contributed by atoms with Crippen LogP contribution in [0.1, 0.15) is 18.4 Å². The smallest absolute Gasteiger partial charge is 0.297 e. The standard InChI is InChI=1S/C14H20O5S/c1-11-3-7-14(8-4-11)20(15,16)19-10-13-6-5-12(17-2)9-18-13/h3-4,7-8,12-13H,5-6,9-10H2,1-2H3/t12-,13+/m0/s1. The highest BCUT2D eigenvalue weighted by molar-refractivity contribution is 7.86. The lowest BCUT2D eigenvalue weighted by atomic mass is 10.1. The van der Waals surface area contributed by atoms with Gasteiger partial charge in [0.15, 0.2) is 0 Å². The minimum atomic E-state index is -3.71. The Labute approximate surface area is 120 Å². The van der Waals surface area contributed by atoms with E-state index in [0.717, 1.165) is 18.4 Å². The van der Waals surface area contributed by atoms with Gasteiger partial charge in [0.05, 0.1) is 30.3 Å². The molecule has 1 aliphatic heterocycles. The van der Waals surface area contributed by atoms with Crippen molar-refractivity contribution in [3.8, 4) is 0 Å². The molecule has 1 aromatic rings. The van der Waals surface area contributed by atoms with Crippen molar-refractivity contribution < 1.29 is 22.1 Å². The lowest BCUT2D eigenvalue weighted by molar-refractivity contribution is -0.0823. The molecule has 112 valence electrons. The molecular weight excluding hydrogens is 280 g/mol. The first kappa shape index (κ1) is 15.4. The molecule has 1 saturated heterocycles. The Morgan fingerprint density at radius 3 is 2.50 bits per heavy atom. The summed E-state index contributed by atoms with van der Waals surface area (Å²) in [6, 6.07) is 6.59. The average molecular weight is 300 g/mol. The van der Waals surface area contributed by atoms with E-state index in [1.165, 1.54) is 0 Å². The van der Waals surface area contributed by atoms with Crippen molar-refractivity contribution in [2.45, 2.75) is 36.9 Å². The molecule has 1 fully saturated rings. The number of methoxy groups -OCH3 is 1. The van der Waals surface area contributed by atoms with Crippen molar-refractivity contribution in [3.05, 3.63) is 29.8 Å². The van der Waals surface area contributed by atoms with Gasteiger partial charge in [0.1, 0.15) is 0 Å². The van der Waals surface area contributed by atoms with Crippen LogP contribution in [0.5, 0.6) is 0 Å². The maximum atomic E-state index is 12.0. The molecule has 20 heavy (non-hydrogen) atoms. The molecule has 0 N–H and O–H groups in total. The summed E-state index contributed by atoms with van der Waals surface area (Å²) in [5, 5.41) is 0. The zero-order valence-corrected chi connectivity index (χ0v) is 12.6. The van der Waals surface area contributed by atoms with E-state index in [4.69, 9.17) is 13.7 Å². The molecular formula is C14H20O5S. The van der Waals surface area contributed by atoms with Crippen LogP contribution in [0.15, 0.2) is 29.2 Å². The number of hydrogen-bond donors (Lipinski definition) is 0. The maximum Gasteiger partial charge on any atom is 0.297 e. The summed E-state index contributed by atoms with van der Waals surface area (Å²) in [6.45, 7) is 2.43. The zero-order chi connectivity index (χ0) is 14.6. The first-order valence-electron chi connectivity index (χ1n) is 6.62. The summed E-state index contributed by atoms with van der Waals surface area (Å²) in [4.78, 5) is 0.175. The number of benzene rings is 1. The predicted octanol–water partition coefficient (Wildman–Crippen LogP) is 1.89. The highest BCUT2D eigenvalue weighted by atomic mass is 32.2. The maximum absolute atomic E-state index is 12.0. The Bertz CT molecular complexity index is 515. The van der Waals surface area contributed by atoms with Crippen LogP contribution < -0.4 is 0 Å². The molecule has 0 amide bonds. The topological polar surface area (TPSA) is 61.8 Å². The molecule has 1 aromatic carbocycles. The summed E-state index contributed by atoms with van der Waals surface area (Å²) in [5.41, 5.74) is 1.00. The van der Waals surface area contributed by atoms with Crippen LogP contribution in [0.2, 0.25) is 0 Å². The second kappa shape index (κ2) is 6.67. The summed E-state index contributed by atoms with van der Waals surface area (Å²) in [7, 11) is -2.06. The largest absolute Gasteiger partial charge is 0.379 e. The lowest BCUT2D eigenvalue weighted by Crippen LogP contribution is -2.33. The molecule has 0 saturated carbocycles. The van der Waals surface area contributed by atoms with Crippen molar-refractivity contribution in [2.24, 2.45) is 0 Å². The van der Waals surface area contributed by atoms with Gasteiger partial charge in [0, 0.05) is 7.11 Å². The highest BCUT2D eigenvalue weighted by Gasteiger charge is 2.24. The molecule has 2 atom stereocenters. The van der Waals surface area contributed by atoms with Crippen LogP contribution in [0.4, 0.5) is 0 Å². The SMILES string of the molecule is CO[C@H]1CC[C@H](COS(=O)(=O)c2ccc(C)cc2)OC1. The van der Waals surface area contributed by atoms with Gasteiger partial charge in [-0.25, -0.2) is 0 Å². The van der Waals surface area contributed by atoms with Gasteiger partial charge < -0.3 is 9.47 Å². The Kier molecular flexibility index (Phi) is 5.15. The van der Waals surface area contributed by atoms with Crippen molar-refractivity contribution >= 4 is 10.1 Å². The van der Waals surface area contributed by atoms with Crippen LogP contribution >= 0.6 is 0 Å². The van der Waals surface area contributed by atoms with Crippen LogP contribution in [0.3, 0.4) is 0 Å². The molecule has 0 radical (unpaired) electrons. The van der Waals surface area contributed by atoms with E-state index in [2.05, 4.69) is 0 Å². The van der Waals surface area contributed by atoms with Crippen LogP contribution in [-0.2, 0) is 23.8 Å². The second-order valence-electron chi connectivity index (χ2n) is 4.94. The minimum Gasteiger partial charge on any atom is -0.379 e. The number of hydrogen-bond acceptors (Lipinski definition) is 5. The van der Waals surface area contributed by atoms with Crippen LogP contribution in [-0.4, -0.2) is 40.9 Å². The molecule has 1 heterocycles. The van der Waals surface area contributed by atoms with E-state index in [0.29, 0.717) is 6.61 Å². The molecule has 0 spiro atoms. The molecule has 0 unspecified atom stereocenters. The van der Waals surface area contributed by atoms with Crippen molar-refractivity contribution in [3.63, 3.8) is 0 Å². The number of ether oxygens (including phenoxy) is 2. The fourth-order valence-corrected chi connectivity index (χ4v) is 2.97. The molecule has 2 rings (SSSR count). The van der Waals surface area contributed by atoms with Crippen LogP contribution in [0.25, 0.3) is 0 Å².